The van der Waals surface area contributed by atoms with Crippen LogP contribution >= 0.6 is 59.4 Å². The molecule has 0 heterocycles. The van der Waals surface area contributed by atoms with Crippen molar-refractivity contribution in [3.63, 3.8) is 0 Å². The van der Waals surface area contributed by atoms with Crippen molar-refractivity contribution in [3.8, 4) is 11.5 Å². The second kappa shape index (κ2) is 13.9. The molecule has 2 aromatic carbocycles. The first-order valence-corrected chi connectivity index (χ1v) is 11.6. The number of halogens is 4. The lowest BCUT2D eigenvalue weighted by Gasteiger charge is -2.08. The van der Waals surface area contributed by atoms with Crippen LogP contribution in [-0.2, 0) is 0 Å². The highest BCUT2D eigenvalue weighted by Crippen LogP contribution is 2.26. The fourth-order valence-corrected chi connectivity index (χ4v) is 3.00. The van der Waals surface area contributed by atoms with Crippen LogP contribution in [0, 0.1) is 13.8 Å². The van der Waals surface area contributed by atoms with Gasteiger partial charge in [-0.25, -0.2) is 0 Å². The Balaban J connectivity index is 0.000000260. The molecule has 26 heavy (non-hydrogen) atoms. The van der Waals surface area contributed by atoms with Crippen LogP contribution in [0.4, 0.5) is 0 Å². The van der Waals surface area contributed by atoms with E-state index in [0.717, 1.165) is 56.3 Å². The maximum Gasteiger partial charge on any atom is 0.123 e. The molecule has 0 bridgehead atoms. The fourth-order valence-electron chi connectivity index (χ4n) is 1.96. The highest BCUT2D eigenvalue weighted by atomic mass is 79.9. The molecule has 0 saturated carbocycles. The first kappa shape index (κ1) is 23.8. The first-order chi connectivity index (χ1) is 12.5. The number of hydrogen-bond donors (Lipinski definition) is 0. The van der Waals surface area contributed by atoms with Gasteiger partial charge in [-0.2, -0.15) is 0 Å². The molecule has 0 aliphatic heterocycles. The summed E-state index contributed by atoms with van der Waals surface area (Å²) in [4.78, 5) is 0. The predicted octanol–water partition coefficient (Wildman–Crippen LogP) is 7.69. The number of hydrogen-bond acceptors (Lipinski definition) is 2. The number of ether oxygens (including phenoxy) is 2. The lowest BCUT2D eigenvalue weighted by Crippen LogP contribution is -1.99. The molecule has 0 aliphatic carbocycles. The van der Waals surface area contributed by atoms with E-state index in [1.165, 1.54) is 0 Å². The lowest BCUT2D eigenvalue weighted by atomic mass is 10.2. The molecular weight excluding hydrogens is 547 g/mol. The second-order valence-corrected chi connectivity index (χ2v) is 8.39. The molecule has 0 atom stereocenters. The van der Waals surface area contributed by atoms with Crippen LogP contribution < -0.4 is 9.47 Å². The molecular formula is C20H24Br3ClO2. The van der Waals surface area contributed by atoms with Crippen LogP contribution in [0.3, 0.4) is 0 Å². The monoisotopic (exact) mass is 568 g/mol. The van der Waals surface area contributed by atoms with Crippen LogP contribution in [0.2, 0.25) is 0 Å². The van der Waals surface area contributed by atoms with E-state index >= 15 is 0 Å². The summed E-state index contributed by atoms with van der Waals surface area (Å²) in [6.45, 7) is 5.52. The Bertz CT molecular complexity index is 608. The summed E-state index contributed by atoms with van der Waals surface area (Å²) in [5.41, 5.74) is 2.30. The molecule has 0 unspecified atom stereocenters. The normalized spacial score (nSPS) is 10.1. The Hall–Kier alpha value is -0.230. The Morgan fingerprint density at radius 1 is 0.808 bits per heavy atom. The molecule has 0 fully saturated rings. The van der Waals surface area contributed by atoms with Gasteiger partial charge in [0.1, 0.15) is 11.5 Å². The number of alkyl halides is 2. The third-order valence-corrected chi connectivity index (χ3v) is 6.05. The summed E-state index contributed by atoms with van der Waals surface area (Å²) in [5.74, 6) is 2.54. The molecule has 0 aromatic heterocycles. The first-order valence-electron chi connectivity index (χ1n) is 8.39. The smallest absolute Gasteiger partial charge is 0.123 e. The summed E-state index contributed by atoms with van der Waals surface area (Å²) >= 11 is 15.8. The van der Waals surface area contributed by atoms with E-state index in [1.807, 2.05) is 50.2 Å². The molecule has 144 valence electrons. The third-order valence-electron chi connectivity index (χ3n) is 3.51. The van der Waals surface area contributed by atoms with E-state index in [0.29, 0.717) is 12.5 Å². The van der Waals surface area contributed by atoms with Crippen LogP contribution in [-0.4, -0.2) is 24.4 Å². The van der Waals surface area contributed by atoms with Gasteiger partial charge >= 0.3 is 0 Å². The van der Waals surface area contributed by atoms with Gasteiger partial charge < -0.3 is 9.47 Å². The molecule has 0 aliphatic rings. The van der Waals surface area contributed by atoms with Crippen LogP contribution in [0.15, 0.2) is 45.3 Å². The van der Waals surface area contributed by atoms with Gasteiger partial charge in [0.15, 0.2) is 0 Å². The van der Waals surface area contributed by atoms with E-state index in [9.17, 15) is 0 Å². The van der Waals surface area contributed by atoms with E-state index in [1.54, 1.807) is 0 Å². The molecule has 2 nitrogen and oxygen atoms in total. The maximum absolute atomic E-state index is 5.60. The minimum atomic E-state index is 0.646. The van der Waals surface area contributed by atoms with Crippen LogP contribution in [0.5, 0.6) is 11.5 Å². The number of benzene rings is 2. The summed E-state index contributed by atoms with van der Waals surface area (Å²) in [5, 5.41) is 0.986. The Kier molecular flexibility index (Phi) is 12.7. The van der Waals surface area contributed by atoms with Crippen molar-refractivity contribution in [2.24, 2.45) is 0 Å². The summed E-state index contributed by atoms with van der Waals surface area (Å²) < 4.78 is 13.3. The van der Waals surface area contributed by atoms with Gasteiger partial charge in [0.25, 0.3) is 0 Å². The van der Waals surface area contributed by atoms with Gasteiger partial charge in [-0.05, 0) is 51.0 Å². The van der Waals surface area contributed by atoms with Crippen molar-refractivity contribution in [3.05, 3.63) is 56.5 Å². The van der Waals surface area contributed by atoms with E-state index in [-0.39, 0.29) is 0 Å². The van der Waals surface area contributed by atoms with Gasteiger partial charge in [0, 0.05) is 31.3 Å². The maximum atomic E-state index is 5.60. The van der Waals surface area contributed by atoms with Crippen LogP contribution in [0.1, 0.15) is 24.0 Å². The average Bonchev–Trinajstić information content (AvgIpc) is 2.63. The Morgan fingerprint density at radius 3 is 1.69 bits per heavy atom. The largest absolute Gasteiger partial charge is 0.493 e. The quantitative estimate of drug-likeness (QED) is 0.239. The van der Waals surface area contributed by atoms with Crippen molar-refractivity contribution < 1.29 is 9.47 Å². The molecule has 0 saturated heterocycles. The van der Waals surface area contributed by atoms with Crippen molar-refractivity contribution in [1.82, 2.24) is 0 Å². The fraction of sp³-hybridized carbons (Fsp3) is 0.400. The van der Waals surface area contributed by atoms with Gasteiger partial charge in [0.05, 0.1) is 13.2 Å². The molecule has 6 heteroatoms. The van der Waals surface area contributed by atoms with Gasteiger partial charge in [-0.1, -0.05) is 59.9 Å². The number of rotatable bonds is 8. The van der Waals surface area contributed by atoms with Crippen molar-refractivity contribution in [2.75, 3.05) is 24.4 Å². The zero-order valence-corrected chi connectivity index (χ0v) is 20.5. The average molecular weight is 572 g/mol. The van der Waals surface area contributed by atoms with Gasteiger partial charge in [-0.3, -0.25) is 0 Å². The van der Waals surface area contributed by atoms with E-state index in [2.05, 4.69) is 47.8 Å². The van der Waals surface area contributed by atoms with E-state index in [4.69, 9.17) is 21.1 Å². The lowest BCUT2D eigenvalue weighted by molar-refractivity contribution is 0.316. The molecule has 0 N–H and O–H groups in total. The summed E-state index contributed by atoms with van der Waals surface area (Å²) in [7, 11) is 0. The molecule has 2 aromatic rings. The SMILES string of the molecule is Cc1c(Br)cccc1OCCCBr.Cc1c(Br)cccc1OCCCCl. The van der Waals surface area contributed by atoms with Gasteiger partial charge in [0.2, 0.25) is 0 Å². The predicted molar refractivity (Wildman–Crippen MR) is 122 cm³/mol. The minimum Gasteiger partial charge on any atom is -0.493 e. The van der Waals surface area contributed by atoms with Crippen molar-refractivity contribution >= 4 is 59.4 Å². The molecule has 0 radical (unpaired) electrons. The Morgan fingerprint density at radius 2 is 1.27 bits per heavy atom. The zero-order chi connectivity index (χ0) is 19.4. The van der Waals surface area contributed by atoms with Crippen LogP contribution in [0.25, 0.3) is 0 Å². The molecule has 2 rings (SSSR count). The standard InChI is InChI=1S/C10H12Br2O.C10H12BrClO/c1-8-9(12)4-2-5-10(8)13-7-3-6-11;1-8-9(11)4-2-5-10(8)13-7-3-6-12/h2*2,4-5H,3,6-7H2,1H3. The highest BCUT2D eigenvalue weighted by molar-refractivity contribution is 9.10. The minimum absolute atomic E-state index is 0.646. The summed E-state index contributed by atoms with van der Waals surface area (Å²) in [6, 6.07) is 11.9. The highest BCUT2D eigenvalue weighted by Gasteiger charge is 2.02. The third kappa shape index (κ3) is 8.64. The summed E-state index contributed by atoms with van der Waals surface area (Å²) in [6.07, 6.45) is 1.92. The topological polar surface area (TPSA) is 18.5 Å². The van der Waals surface area contributed by atoms with Crippen molar-refractivity contribution in [2.45, 2.75) is 26.7 Å². The molecule has 0 spiro atoms. The Labute approximate surface area is 187 Å². The van der Waals surface area contributed by atoms with Gasteiger partial charge in [-0.15, -0.1) is 11.6 Å². The second-order valence-electron chi connectivity index (χ2n) is 5.51. The van der Waals surface area contributed by atoms with Crippen molar-refractivity contribution in [1.29, 1.82) is 0 Å². The zero-order valence-electron chi connectivity index (χ0n) is 15.0. The van der Waals surface area contributed by atoms with E-state index < -0.39 is 0 Å². The molecule has 0 amide bonds.